The van der Waals surface area contributed by atoms with Gasteiger partial charge in [-0.05, 0) is 67.8 Å². The summed E-state index contributed by atoms with van der Waals surface area (Å²) >= 11 is 0. The zero-order valence-electron chi connectivity index (χ0n) is 19.7. The standard InChI is InChI=1S/C24H27N3O8S/c1-32-18-6-4-17(5-7-18)22-25-21(35-27-22)3-2-14-34-19-8-10-20(11-9-19)36(30,31)24(23(28)26-29)12-15-33-16-13-24/h4-11,29H,2-3,12-16H2,1H3,(H,26,28). The van der Waals surface area contributed by atoms with E-state index in [2.05, 4.69) is 10.1 Å². The average Bonchev–Trinajstić information content (AvgIpc) is 3.40. The van der Waals surface area contributed by atoms with Crippen LogP contribution in [0.5, 0.6) is 11.5 Å². The smallest absolute Gasteiger partial charge is 0.265 e. The molecule has 0 saturated carbocycles. The molecule has 12 heteroatoms. The number of sulfone groups is 1. The van der Waals surface area contributed by atoms with Crippen LogP contribution in [0.15, 0.2) is 57.9 Å². The van der Waals surface area contributed by atoms with E-state index in [0.717, 1.165) is 11.3 Å². The molecule has 4 rings (SSSR count). The fourth-order valence-corrected chi connectivity index (χ4v) is 5.93. The highest BCUT2D eigenvalue weighted by molar-refractivity contribution is 7.93. The number of ether oxygens (including phenoxy) is 3. The molecule has 192 valence electrons. The van der Waals surface area contributed by atoms with E-state index in [4.69, 9.17) is 23.9 Å². The minimum Gasteiger partial charge on any atom is -0.497 e. The van der Waals surface area contributed by atoms with Gasteiger partial charge < -0.3 is 18.7 Å². The number of rotatable bonds is 10. The lowest BCUT2D eigenvalue weighted by Gasteiger charge is -2.34. The van der Waals surface area contributed by atoms with Gasteiger partial charge in [0.25, 0.3) is 5.91 Å². The maximum atomic E-state index is 13.3. The predicted octanol–water partition coefficient (Wildman–Crippen LogP) is 2.59. The van der Waals surface area contributed by atoms with Crippen LogP contribution in [-0.4, -0.2) is 61.4 Å². The maximum Gasteiger partial charge on any atom is 0.265 e. The molecule has 0 spiro atoms. The Kier molecular flexibility index (Phi) is 7.87. The van der Waals surface area contributed by atoms with E-state index >= 15 is 0 Å². The number of nitrogens with one attached hydrogen (secondary N) is 1. The number of hydrogen-bond acceptors (Lipinski definition) is 10. The summed E-state index contributed by atoms with van der Waals surface area (Å²) in [5.41, 5.74) is 2.32. The van der Waals surface area contributed by atoms with Crippen LogP contribution in [-0.2, 0) is 25.8 Å². The molecule has 0 bridgehead atoms. The highest BCUT2D eigenvalue weighted by Crippen LogP contribution is 2.35. The number of methoxy groups -OCH3 is 1. The summed E-state index contributed by atoms with van der Waals surface area (Å²) in [5, 5.41) is 13.1. The van der Waals surface area contributed by atoms with Gasteiger partial charge in [0.05, 0.1) is 18.6 Å². The summed E-state index contributed by atoms with van der Waals surface area (Å²) in [6.45, 7) is 0.561. The molecule has 1 aromatic heterocycles. The number of benzene rings is 2. The van der Waals surface area contributed by atoms with E-state index in [9.17, 15) is 13.2 Å². The third kappa shape index (κ3) is 5.20. The first-order chi connectivity index (χ1) is 17.4. The summed E-state index contributed by atoms with van der Waals surface area (Å²) in [7, 11) is -2.48. The van der Waals surface area contributed by atoms with E-state index in [1.165, 1.54) is 29.7 Å². The Balaban J connectivity index is 1.32. The van der Waals surface area contributed by atoms with Crippen molar-refractivity contribution in [3.8, 4) is 22.9 Å². The zero-order valence-corrected chi connectivity index (χ0v) is 20.5. The van der Waals surface area contributed by atoms with Gasteiger partial charge in [-0.3, -0.25) is 10.0 Å². The Hall–Kier alpha value is -3.48. The summed E-state index contributed by atoms with van der Waals surface area (Å²) in [6, 6.07) is 13.2. The van der Waals surface area contributed by atoms with Crippen molar-refractivity contribution in [2.45, 2.75) is 35.3 Å². The predicted molar refractivity (Wildman–Crippen MR) is 126 cm³/mol. The fourth-order valence-electron chi connectivity index (χ4n) is 3.99. The lowest BCUT2D eigenvalue weighted by Crippen LogP contribution is -2.54. The van der Waals surface area contributed by atoms with E-state index in [1.54, 1.807) is 7.11 Å². The molecule has 2 heterocycles. The van der Waals surface area contributed by atoms with Gasteiger partial charge in [-0.2, -0.15) is 4.98 Å². The Morgan fingerprint density at radius 1 is 1.08 bits per heavy atom. The Morgan fingerprint density at radius 3 is 2.39 bits per heavy atom. The van der Waals surface area contributed by atoms with Gasteiger partial charge in [-0.15, -0.1) is 0 Å². The Bertz CT molecular complexity index is 1270. The molecular weight excluding hydrogens is 490 g/mol. The third-order valence-corrected chi connectivity index (χ3v) is 8.60. The number of hydroxylamine groups is 1. The molecule has 2 N–H and O–H groups in total. The quantitative estimate of drug-likeness (QED) is 0.233. The van der Waals surface area contributed by atoms with Crippen LogP contribution in [0.1, 0.15) is 25.2 Å². The molecule has 0 radical (unpaired) electrons. The minimum absolute atomic E-state index is 0.0303. The number of carbonyl (C=O) groups is 1. The van der Waals surface area contributed by atoms with Gasteiger partial charge in [0.2, 0.25) is 11.7 Å². The maximum absolute atomic E-state index is 13.3. The van der Waals surface area contributed by atoms with E-state index in [0.29, 0.717) is 36.9 Å². The number of aryl methyl sites for hydroxylation is 1. The normalized spacial score (nSPS) is 15.3. The number of carbonyl (C=O) groups excluding carboxylic acids is 1. The topological polar surface area (TPSA) is 150 Å². The molecule has 3 aromatic rings. The molecular formula is C24H27N3O8S. The number of aromatic nitrogens is 2. The Labute approximate surface area is 208 Å². The van der Waals surface area contributed by atoms with Crippen LogP contribution < -0.4 is 15.0 Å². The summed E-state index contributed by atoms with van der Waals surface area (Å²) in [5.74, 6) is 1.23. The second-order valence-corrected chi connectivity index (χ2v) is 10.5. The average molecular weight is 518 g/mol. The van der Waals surface area contributed by atoms with Crippen LogP contribution >= 0.6 is 0 Å². The van der Waals surface area contributed by atoms with Crippen molar-refractivity contribution in [2.24, 2.45) is 0 Å². The SMILES string of the molecule is COc1ccc(-c2noc(CCCOc3ccc(S(=O)(=O)C4(C(=O)NO)CCOCC4)cc3)n2)cc1. The summed E-state index contributed by atoms with van der Waals surface area (Å²) in [6.07, 6.45) is 1.02. The molecule has 2 aromatic carbocycles. The lowest BCUT2D eigenvalue weighted by atomic mass is 9.98. The molecule has 0 aliphatic carbocycles. The van der Waals surface area contributed by atoms with Crippen LogP contribution in [0, 0.1) is 0 Å². The van der Waals surface area contributed by atoms with Gasteiger partial charge in [-0.1, -0.05) is 5.16 Å². The second-order valence-electron chi connectivity index (χ2n) is 8.21. The van der Waals surface area contributed by atoms with Crippen molar-refractivity contribution in [1.29, 1.82) is 0 Å². The van der Waals surface area contributed by atoms with Gasteiger partial charge in [0, 0.05) is 25.2 Å². The Morgan fingerprint density at radius 2 is 1.75 bits per heavy atom. The van der Waals surface area contributed by atoms with Gasteiger partial charge in [0.1, 0.15) is 11.5 Å². The first-order valence-electron chi connectivity index (χ1n) is 11.4. The molecule has 0 unspecified atom stereocenters. The molecule has 1 aliphatic heterocycles. The highest BCUT2D eigenvalue weighted by Gasteiger charge is 2.52. The zero-order chi connectivity index (χ0) is 25.6. The third-order valence-electron chi connectivity index (χ3n) is 6.08. The van der Waals surface area contributed by atoms with Gasteiger partial charge >= 0.3 is 0 Å². The van der Waals surface area contributed by atoms with E-state index < -0.39 is 20.5 Å². The first kappa shape index (κ1) is 25.6. The van der Waals surface area contributed by atoms with Crippen LogP contribution in [0.3, 0.4) is 0 Å². The summed E-state index contributed by atoms with van der Waals surface area (Å²) < 4.78 is 46.2. The number of amides is 1. The van der Waals surface area contributed by atoms with Crippen molar-refractivity contribution in [1.82, 2.24) is 15.6 Å². The largest absolute Gasteiger partial charge is 0.497 e. The summed E-state index contributed by atoms with van der Waals surface area (Å²) in [4.78, 5) is 16.7. The molecule has 1 aliphatic rings. The van der Waals surface area contributed by atoms with Crippen LogP contribution in [0.4, 0.5) is 0 Å². The van der Waals surface area contributed by atoms with Gasteiger partial charge in [0.15, 0.2) is 14.6 Å². The minimum atomic E-state index is -4.08. The molecule has 0 atom stereocenters. The van der Waals surface area contributed by atoms with Crippen molar-refractivity contribution in [3.63, 3.8) is 0 Å². The van der Waals surface area contributed by atoms with Crippen molar-refractivity contribution in [2.75, 3.05) is 26.9 Å². The van der Waals surface area contributed by atoms with Crippen molar-refractivity contribution < 1.29 is 37.2 Å². The number of nitrogens with zero attached hydrogens (tertiary/aromatic N) is 2. The monoisotopic (exact) mass is 517 g/mol. The van der Waals surface area contributed by atoms with E-state index in [-0.39, 0.29) is 31.0 Å². The number of hydrogen-bond donors (Lipinski definition) is 2. The fraction of sp³-hybridized carbons (Fsp3) is 0.375. The van der Waals surface area contributed by atoms with Crippen LogP contribution in [0.2, 0.25) is 0 Å². The second kappa shape index (κ2) is 11.1. The lowest BCUT2D eigenvalue weighted by molar-refractivity contribution is -0.134. The molecule has 11 nitrogen and oxygen atoms in total. The van der Waals surface area contributed by atoms with Crippen molar-refractivity contribution >= 4 is 15.7 Å². The van der Waals surface area contributed by atoms with Crippen molar-refractivity contribution in [3.05, 3.63) is 54.4 Å². The van der Waals surface area contributed by atoms with Gasteiger partial charge in [-0.25, -0.2) is 13.9 Å². The van der Waals surface area contributed by atoms with Crippen LogP contribution in [0.25, 0.3) is 11.4 Å². The highest BCUT2D eigenvalue weighted by atomic mass is 32.2. The van der Waals surface area contributed by atoms with E-state index in [1.807, 2.05) is 24.3 Å². The molecule has 1 amide bonds. The molecule has 1 saturated heterocycles. The molecule has 36 heavy (non-hydrogen) atoms. The first-order valence-corrected chi connectivity index (χ1v) is 12.8. The molecule has 1 fully saturated rings.